The Morgan fingerprint density at radius 2 is 2.00 bits per heavy atom. The Hall–Kier alpha value is -0.610. The Balaban J connectivity index is 4.11. The maximum absolute atomic E-state index is 11.8. The average molecular weight is 230 g/mol. The Morgan fingerprint density at radius 3 is 2.38 bits per heavy atom. The topological polar surface area (TPSA) is 75.3 Å². The van der Waals surface area contributed by atoms with Gasteiger partial charge in [0.15, 0.2) is 0 Å². The third-order valence-corrected chi connectivity index (χ3v) is 2.50. The zero-order valence-corrected chi connectivity index (χ0v) is 10.9. The standard InChI is InChI=1S/C12H26N2O2/c1-5-10(15)8-14-11(16)9(7-13)6-12(2,3)4/h9-10,15H,5-8,13H2,1-4H3,(H,14,16). The van der Waals surface area contributed by atoms with E-state index in [0.717, 1.165) is 6.42 Å². The van der Waals surface area contributed by atoms with Crippen LogP contribution in [0.4, 0.5) is 0 Å². The van der Waals surface area contributed by atoms with Gasteiger partial charge in [-0.2, -0.15) is 0 Å². The van der Waals surface area contributed by atoms with Crippen LogP contribution in [0.25, 0.3) is 0 Å². The SMILES string of the molecule is CCC(O)CNC(=O)C(CN)CC(C)(C)C. The lowest BCUT2D eigenvalue weighted by molar-refractivity contribution is -0.126. The van der Waals surface area contributed by atoms with Crippen molar-refractivity contribution in [2.24, 2.45) is 17.1 Å². The molecule has 16 heavy (non-hydrogen) atoms. The van der Waals surface area contributed by atoms with E-state index < -0.39 is 6.10 Å². The molecule has 0 aromatic carbocycles. The van der Waals surface area contributed by atoms with Crippen LogP contribution in [0.15, 0.2) is 0 Å². The van der Waals surface area contributed by atoms with Crippen LogP contribution < -0.4 is 11.1 Å². The smallest absolute Gasteiger partial charge is 0.224 e. The molecule has 0 aromatic rings. The van der Waals surface area contributed by atoms with Gasteiger partial charge in [0.05, 0.1) is 12.0 Å². The quantitative estimate of drug-likeness (QED) is 0.634. The molecule has 0 spiro atoms. The number of amides is 1. The van der Waals surface area contributed by atoms with Crippen LogP contribution in [0.2, 0.25) is 0 Å². The summed E-state index contributed by atoms with van der Waals surface area (Å²) in [6.45, 7) is 8.81. The summed E-state index contributed by atoms with van der Waals surface area (Å²) >= 11 is 0. The van der Waals surface area contributed by atoms with Crippen molar-refractivity contribution in [3.63, 3.8) is 0 Å². The molecule has 0 aliphatic rings. The minimum absolute atomic E-state index is 0.0510. The average Bonchev–Trinajstić information content (AvgIpc) is 2.20. The van der Waals surface area contributed by atoms with Gasteiger partial charge in [-0.05, 0) is 18.3 Å². The zero-order valence-electron chi connectivity index (χ0n) is 10.9. The molecule has 0 saturated carbocycles. The molecule has 0 heterocycles. The molecule has 1 amide bonds. The lowest BCUT2D eigenvalue weighted by Gasteiger charge is -2.24. The molecule has 0 rings (SSSR count). The molecule has 0 fully saturated rings. The van der Waals surface area contributed by atoms with Crippen molar-refractivity contribution in [2.45, 2.75) is 46.6 Å². The third-order valence-electron chi connectivity index (χ3n) is 2.50. The van der Waals surface area contributed by atoms with Gasteiger partial charge in [-0.3, -0.25) is 4.79 Å². The lowest BCUT2D eigenvalue weighted by atomic mass is 9.84. The highest BCUT2D eigenvalue weighted by atomic mass is 16.3. The summed E-state index contributed by atoms with van der Waals surface area (Å²) in [7, 11) is 0. The molecule has 0 aliphatic heterocycles. The van der Waals surface area contributed by atoms with Gasteiger partial charge in [0.1, 0.15) is 0 Å². The first kappa shape index (κ1) is 15.4. The second-order valence-electron chi connectivity index (χ2n) is 5.50. The van der Waals surface area contributed by atoms with E-state index in [1.165, 1.54) is 0 Å². The summed E-state index contributed by atoms with van der Waals surface area (Å²) in [5.41, 5.74) is 5.68. The molecule has 4 heteroatoms. The highest BCUT2D eigenvalue weighted by molar-refractivity contribution is 5.78. The maximum Gasteiger partial charge on any atom is 0.224 e. The molecule has 0 bridgehead atoms. The first-order valence-corrected chi connectivity index (χ1v) is 5.96. The van der Waals surface area contributed by atoms with Gasteiger partial charge in [0.2, 0.25) is 5.91 Å². The summed E-state index contributed by atoms with van der Waals surface area (Å²) in [5, 5.41) is 12.1. The van der Waals surface area contributed by atoms with E-state index >= 15 is 0 Å². The van der Waals surface area contributed by atoms with Crippen molar-refractivity contribution >= 4 is 5.91 Å². The number of carbonyl (C=O) groups excluding carboxylic acids is 1. The van der Waals surface area contributed by atoms with Crippen molar-refractivity contribution in [3.8, 4) is 0 Å². The summed E-state index contributed by atoms with van der Waals surface area (Å²) in [5.74, 6) is -0.214. The number of rotatable bonds is 6. The summed E-state index contributed by atoms with van der Waals surface area (Å²) < 4.78 is 0. The molecule has 96 valence electrons. The summed E-state index contributed by atoms with van der Waals surface area (Å²) in [6.07, 6.45) is 0.946. The van der Waals surface area contributed by atoms with Gasteiger partial charge in [0, 0.05) is 13.1 Å². The number of nitrogens with two attached hydrogens (primary N) is 1. The van der Waals surface area contributed by atoms with Gasteiger partial charge in [-0.1, -0.05) is 27.7 Å². The number of hydrogen-bond donors (Lipinski definition) is 3. The highest BCUT2D eigenvalue weighted by Crippen LogP contribution is 2.23. The van der Waals surface area contributed by atoms with Crippen LogP contribution in [0.5, 0.6) is 0 Å². The Labute approximate surface area is 98.6 Å². The van der Waals surface area contributed by atoms with Crippen LogP contribution in [0.1, 0.15) is 40.5 Å². The Morgan fingerprint density at radius 1 is 1.44 bits per heavy atom. The van der Waals surface area contributed by atoms with Crippen LogP contribution in [-0.4, -0.2) is 30.2 Å². The molecule has 0 radical (unpaired) electrons. The van der Waals surface area contributed by atoms with Crippen molar-refractivity contribution < 1.29 is 9.90 Å². The van der Waals surface area contributed by atoms with Crippen molar-refractivity contribution in [2.75, 3.05) is 13.1 Å². The van der Waals surface area contributed by atoms with Crippen LogP contribution >= 0.6 is 0 Å². The number of hydrogen-bond acceptors (Lipinski definition) is 3. The molecule has 0 saturated heterocycles. The largest absolute Gasteiger partial charge is 0.391 e. The molecular formula is C12H26N2O2. The number of aliphatic hydroxyl groups is 1. The predicted octanol–water partition coefficient (Wildman–Crippen LogP) is 0.885. The molecule has 0 aliphatic carbocycles. The Kier molecular flexibility index (Phi) is 6.60. The first-order valence-electron chi connectivity index (χ1n) is 5.96. The first-order chi connectivity index (χ1) is 7.30. The highest BCUT2D eigenvalue weighted by Gasteiger charge is 2.23. The third kappa shape index (κ3) is 6.80. The molecular weight excluding hydrogens is 204 g/mol. The van der Waals surface area contributed by atoms with E-state index in [1.54, 1.807) is 0 Å². The second kappa shape index (κ2) is 6.86. The molecule has 2 unspecified atom stereocenters. The van der Waals surface area contributed by atoms with Gasteiger partial charge < -0.3 is 16.2 Å². The van der Waals surface area contributed by atoms with Crippen molar-refractivity contribution in [3.05, 3.63) is 0 Å². The zero-order chi connectivity index (χ0) is 12.8. The van der Waals surface area contributed by atoms with E-state index in [9.17, 15) is 9.90 Å². The van der Waals surface area contributed by atoms with E-state index in [-0.39, 0.29) is 17.2 Å². The number of nitrogens with one attached hydrogen (secondary N) is 1. The van der Waals surface area contributed by atoms with E-state index in [1.807, 2.05) is 6.92 Å². The monoisotopic (exact) mass is 230 g/mol. The minimum atomic E-state index is -0.461. The second-order valence-corrected chi connectivity index (χ2v) is 5.50. The number of carbonyl (C=O) groups is 1. The van der Waals surface area contributed by atoms with E-state index in [2.05, 4.69) is 26.1 Å². The van der Waals surface area contributed by atoms with Crippen LogP contribution in [0.3, 0.4) is 0 Å². The lowest BCUT2D eigenvalue weighted by Crippen LogP contribution is -2.40. The summed E-state index contributed by atoms with van der Waals surface area (Å²) in [4.78, 5) is 11.8. The molecule has 0 aromatic heterocycles. The fourth-order valence-corrected chi connectivity index (χ4v) is 1.53. The van der Waals surface area contributed by atoms with Gasteiger partial charge >= 0.3 is 0 Å². The van der Waals surface area contributed by atoms with Gasteiger partial charge in [0.25, 0.3) is 0 Å². The fourth-order valence-electron chi connectivity index (χ4n) is 1.53. The van der Waals surface area contributed by atoms with Crippen molar-refractivity contribution in [1.82, 2.24) is 5.32 Å². The molecule has 4 nitrogen and oxygen atoms in total. The number of aliphatic hydroxyl groups excluding tert-OH is 1. The van der Waals surface area contributed by atoms with Crippen molar-refractivity contribution in [1.29, 1.82) is 0 Å². The van der Waals surface area contributed by atoms with Crippen LogP contribution in [-0.2, 0) is 4.79 Å². The Bertz CT molecular complexity index is 212. The van der Waals surface area contributed by atoms with Gasteiger partial charge in [-0.15, -0.1) is 0 Å². The van der Waals surface area contributed by atoms with E-state index in [4.69, 9.17) is 5.73 Å². The maximum atomic E-state index is 11.8. The van der Waals surface area contributed by atoms with Gasteiger partial charge in [-0.25, -0.2) is 0 Å². The van der Waals surface area contributed by atoms with Crippen LogP contribution in [0, 0.1) is 11.3 Å². The predicted molar refractivity (Wildman–Crippen MR) is 65.9 cm³/mol. The molecule has 2 atom stereocenters. The minimum Gasteiger partial charge on any atom is -0.391 e. The van der Waals surface area contributed by atoms with E-state index in [0.29, 0.717) is 19.5 Å². The fraction of sp³-hybridized carbons (Fsp3) is 0.917. The normalized spacial score (nSPS) is 15.6. The molecule has 4 N–H and O–H groups in total. The summed E-state index contributed by atoms with van der Waals surface area (Å²) in [6, 6.07) is 0.